The van der Waals surface area contributed by atoms with Crippen LogP contribution in [0.3, 0.4) is 0 Å². The molecule has 6 heteroatoms. The normalized spacial score (nSPS) is 10.8. The molecule has 2 aromatic heterocycles. The quantitative estimate of drug-likeness (QED) is 0.776. The van der Waals surface area contributed by atoms with Crippen LogP contribution in [-0.4, -0.2) is 19.7 Å². The average molecular weight is 255 g/mol. The highest BCUT2D eigenvalue weighted by Gasteiger charge is 2.16. The van der Waals surface area contributed by atoms with E-state index in [1.165, 1.54) is 6.33 Å². The summed E-state index contributed by atoms with van der Waals surface area (Å²) in [6, 6.07) is 9.43. The van der Waals surface area contributed by atoms with Crippen LogP contribution in [0.4, 0.5) is 5.82 Å². The summed E-state index contributed by atoms with van der Waals surface area (Å²) in [4.78, 5) is 8.20. The van der Waals surface area contributed by atoms with E-state index in [1.54, 1.807) is 4.68 Å². The summed E-state index contributed by atoms with van der Waals surface area (Å²) in [6.07, 6.45) is 1.43. The number of anilines is 1. The van der Waals surface area contributed by atoms with Crippen LogP contribution in [0.1, 0.15) is 6.92 Å². The van der Waals surface area contributed by atoms with Gasteiger partial charge in [0.15, 0.2) is 5.65 Å². The number of hydrogen-bond donors (Lipinski definition) is 1. The molecule has 0 unspecified atom stereocenters. The first kappa shape index (κ1) is 11.5. The Balaban J connectivity index is 2.13. The Morgan fingerprint density at radius 2 is 2.00 bits per heavy atom. The zero-order chi connectivity index (χ0) is 13.2. The van der Waals surface area contributed by atoms with E-state index >= 15 is 0 Å². The molecule has 0 amide bonds. The van der Waals surface area contributed by atoms with E-state index in [9.17, 15) is 0 Å². The van der Waals surface area contributed by atoms with Crippen LogP contribution >= 0.6 is 0 Å². The third kappa shape index (κ3) is 1.97. The Kier molecular flexibility index (Phi) is 2.75. The summed E-state index contributed by atoms with van der Waals surface area (Å²) < 4.78 is 7.50. The predicted molar refractivity (Wildman–Crippen MR) is 71.9 cm³/mol. The van der Waals surface area contributed by atoms with E-state index in [0.717, 1.165) is 0 Å². The Morgan fingerprint density at radius 3 is 2.74 bits per heavy atom. The van der Waals surface area contributed by atoms with Crippen LogP contribution in [-0.2, 0) is 6.54 Å². The van der Waals surface area contributed by atoms with Crippen LogP contribution in [0.5, 0.6) is 11.6 Å². The summed E-state index contributed by atoms with van der Waals surface area (Å²) >= 11 is 0. The van der Waals surface area contributed by atoms with Crippen molar-refractivity contribution < 1.29 is 4.74 Å². The zero-order valence-electron chi connectivity index (χ0n) is 10.4. The number of ether oxygens (including phenoxy) is 1. The lowest BCUT2D eigenvalue weighted by atomic mass is 10.3. The highest BCUT2D eigenvalue weighted by atomic mass is 16.5. The second-order valence-electron chi connectivity index (χ2n) is 3.99. The Bertz CT molecular complexity index is 708. The maximum Gasteiger partial charge on any atom is 0.251 e. The van der Waals surface area contributed by atoms with E-state index in [1.807, 2.05) is 37.3 Å². The molecule has 2 heterocycles. The van der Waals surface area contributed by atoms with E-state index in [-0.39, 0.29) is 0 Å². The minimum atomic E-state index is 0.371. The number of rotatable bonds is 3. The molecule has 0 atom stereocenters. The van der Waals surface area contributed by atoms with Crippen molar-refractivity contribution in [3.8, 4) is 11.6 Å². The molecule has 1 aromatic carbocycles. The van der Waals surface area contributed by atoms with Gasteiger partial charge in [0.25, 0.3) is 5.88 Å². The van der Waals surface area contributed by atoms with Crippen molar-refractivity contribution in [3.05, 3.63) is 36.7 Å². The summed E-state index contributed by atoms with van der Waals surface area (Å²) in [6.45, 7) is 2.67. The van der Waals surface area contributed by atoms with Crippen molar-refractivity contribution in [2.24, 2.45) is 0 Å². The van der Waals surface area contributed by atoms with Gasteiger partial charge in [0.05, 0.1) is 0 Å². The maximum absolute atomic E-state index is 5.89. The fourth-order valence-corrected chi connectivity index (χ4v) is 1.89. The van der Waals surface area contributed by atoms with Crippen molar-refractivity contribution in [1.29, 1.82) is 0 Å². The molecule has 0 aliphatic carbocycles. The molecule has 0 radical (unpaired) electrons. The topological polar surface area (TPSA) is 78.9 Å². The van der Waals surface area contributed by atoms with Gasteiger partial charge in [-0.05, 0) is 19.1 Å². The van der Waals surface area contributed by atoms with E-state index in [2.05, 4.69) is 15.1 Å². The van der Waals surface area contributed by atoms with E-state index < -0.39 is 0 Å². The fourth-order valence-electron chi connectivity index (χ4n) is 1.89. The SMILES string of the molecule is CCn1nc(Oc2ccccc2)c2c(N)ncnc21. The van der Waals surface area contributed by atoms with Crippen molar-refractivity contribution >= 4 is 16.9 Å². The van der Waals surface area contributed by atoms with Gasteiger partial charge in [0.2, 0.25) is 0 Å². The minimum absolute atomic E-state index is 0.371. The van der Waals surface area contributed by atoms with Crippen LogP contribution in [0.25, 0.3) is 11.0 Å². The number of para-hydroxylation sites is 1. The molecule has 96 valence electrons. The summed E-state index contributed by atoms with van der Waals surface area (Å²) in [5.41, 5.74) is 6.58. The van der Waals surface area contributed by atoms with Gasteiger partial charge in [0.1, 0.15) is 23.3 Å². The Hall–Kier alpha value is -2.63. The highest BCUT2D eigenvalue weighted by Crippen LogP contribution is 2.30. The number of benzene rings is 1. The number of nitrogens with two attached hydrogens (primary N) is 1. The molecule has 6 nitrogen and oxygen atoms in total. The van der Waals surface area contributed by atoms with Gasteiger partial charge < -0.3 is 10.5 Å². The van der Waals surface area contributed by atoms with Gasteiger partial charge in [-0.1, -0.05) is 18.2 Å². The van der Waals surface area contributed by atoms with E-state index in [4.69, 9.17) is 10.5 Å². The molecule has 0 saturated heterocycles. The molecule has 0 saturated carbocycles. The number of fused-ring (bicyclic) bond motifs is 1. The molecular formula is C13H13N5O. The first-order valence-electron chi connectivity index (χ1n) is 5.99. The number of aromatic nitrogens is 4. The molecule has 0 bridgehead atoms. The van der Waals surface area contributed by atoms with Crippen molar-refractivity contribution in [1.82, 2.24) is 19.7 Å². The van der Waals surface area contributed by atoms with Crippen molar-refractivity contribution in [3.63, 3.8) is 0 Å². The average Bonchev–Trinajstić information content (AvgIpc) is 2.79. The van der Waals surface area contributed by atoms with Gasteiger partial charge in [-0.25, -0.2) is 14.6 Å². The van der Waals surface area contributed by atoms with Gasteiger partial charge in [0, 0.05) is 6.54 Å². The lowest BCUT2D eigenvalue weighted by molar-refractivity contribution is 0.454. The number of nitrogens with zero attached hydrogens (tertiary/aromatic N) is 4. The minimum Gasteiger partial charge on any atom is -0.437 e. The lowest BCUT2D eigenvalue weighted by Gasteiger charge is -2.02. The van der Waals surface area contributed by atoms with Gasteiger partial charge in [-0.2, -0.15) is 0 Å². The smallest absolute Gasteiger partial charge is 0.251 e. The summed E-state index contributed by atoms with van der Waals surface area (Å²) in [5, 5.41) is 5.02. The maximum atomic E-state index is 5.89. The largest absolute Gasteiger partial charge is 0.437 e. The molecule has 0 spiro atoms. The monoisotopic (exact) mass is 255 g/mol. The van der Waals surface area contributed by atoms with Gasteiger partial charge >= 0.3 is 0 Å². The second kappa shape index (κ2) is 4.56. The third-order valence-electron chi connectivity index (χ3n) is 2.78. The third-order valence-corrected chi connectivity index (χ3v) is 2.78. The molecule has 0 fully saturated rings. The molecule has 3 rings (SSSR count). The van der Waals surface area contributed by atoms with Gasteiger partial charge in [-0.15, -0.1) is 5.10 Å². The van der Waals surface area contributed by atoms with Crippen molar-refractivity contribution in [2.45, 2.75) is 13.5 Å². The van der Waals surface area contributed by atoms with Gasteiger partial charge in [-0.3, -0.25) is 0 Å². The number of hydrogen-bond acceptors (Lipinski definition) is 5. The van der Waals surface area contributed by atoms with Crippen LogP contribution in [0, 0.1) is 0 Å². The summed E-state index contributed by atoms with van der Waals surface area (Å²) in [7, 11) is 0. The lowest BCUT2D eigenvalue weighted by Crippen LogP contribution is -1.98. The number of nitrogen functional groups attached to an aromatic ring is 1. The first-order valence-corrected chi connectivity index (χ1v) is 5.99. The molecule has 19 heavy (non-hydrogen) atoms. The zero-order valence-corrected chi connectivity index (χ0v) is 10.4. The molecular weight excluding hydrogens is 242 g/mol. The molecule has 0 aliphatic heterocycles. The summed E-state index contributed by atoms with van der Waals surface area (Å²) in [5.74, 6) is 1.50. The Labute approximate surface area is 109 Å². The highest BCUT2D eigenvalue weighted by molar-refractivity contribution is 5.90. The number of aryl methyl sites for hydroxylation is 1. The second-order valence-corrected chi connectivity index (χ2v) is 3.99. The standard InChI is InChI=1S/C13H13N5O/c1-2-18-12-10(11(14)15-8-16-12)13(17-18)19-9-6-4-3-5-7-9/h3-8H,2H2,1H3,(H2,14,15,16). The molecule has 2 N–H and O–H groups in total. The van der Waals surface area contributed by atoms with Crippen LogP contribution in [0.15, 0.2) is 36.7 Å². The first-order chi connectivity index (χ1) is 9.29. The van der Waals surface area contributed by atoms with E-state index in [0.29, 0.717) is 35.0 Å². The fraction of sp³-hybridized carbons (Fsp3) is 0.154. The molecule has 0 aliphatic rings. The van der Waals surface area contributed by atoms with Crippen molar-refractivity contribution in [2.75, 3.05) is 5.73 Å². The Morgan fingerprint density at radius 1 is 1.21 bits per heavy atom. The van der Waals surface area contributed by atoms with Crippen LogP contribution in [0.2, 0.25) is 0 Å². The predicted octanol–water partition coefficient (Wildman–Crippen LogP) is 2.22. The molecule has 3 aromatic rings. The van der Waals surface area contributed by atoms with Crippen LogP contribution < -0.4 is 10.5 Å².